The minimum atomic E-state index is -1.49. The van der Waals surface area contributed by atoms with Crippen molar-refractivity contribution in [1.29, 1.82) is 0 Å². The molecule has 3 heteroatoms. The Morgan fingerprint density at radius 2 is 1.94 bits per heavy atom. The monoisotopic (exact) mass is 237 g/mol. The van der Waals surface area contributed by atoms with E-state index in [1.54, 1.807) is 0 Å². The fraction of sp³-hybridized carbons (Fsp3) is 0.538. The summed E-state index contributed by atoms with van der Waals surface area (Å²) in [7, 11) is -1.49. The molecule has 0 radical (unpaired) electrons. The van der Waals surface area contributed by atoms with Gasteiger partial charge in [0.2, 0.25) is 0 Å². The molecule has 2 N–H and O–H groups in total. The summed E-state index contributed by atoms with van der Waals surface area (Å²) in [4.78, 5) is 0. The van der Waals surface area contributed by atoms with Gasteiger partial charge in [-0.25, -0.2) is 0 Å². The molecule has 1 rings (SSSR count). The van der Waals surface area contributed by atoms with Crippen molar-refractivity contribution in [3.8, 4) is 0 Å². The van der Waals surface area contributed by atoms with Crippen LogP contribution in [-0.4, -0.2) is 8.32 Å². The van der Waals surface area contributed by atoms with Crippen LogP contribution in [0.1, 0.15) is 25.3 Å². The first-order valence-electron chi connectivity index (χ1n) is 6.02. The summed E-state index contributed by atoms with van der Waals surface area (Å²) in [6.07, 6.45) is 2.51. The highest BCUT2D eigenvalue weighted by Crippen LogP contribution is 2.19. The molecule has 0 aromatic heterocycles. The topological polar surface area (TPSA) is 35.2 Å². The molecule has 0 aliphatic carbocycles. The van der Waals surface area contributed by atoms with Crippen LogP contribution in [-0.2, 0) is 11.0 Å². The Balaban J connectivity index is 2.47. The summed E-state index contributed by atoms with van der Waals surface area (Å²) in [5.74, 6) is 0. The van der Waals surface area contributed by atoms with Crippen molar-refractivity contribution in [2.75, 3.05) is 5.73 Å². The number of nitrogens with two attached hydrogens (primary N) is 1. The zero-order valence-electron chi connectivity index (χ0n) is 10.6. The van der Waals surface area contributed by atoms with Crippen LogP contribution in [0.5, 0.6) is 0 Å². The second-order valence-electron chi connectivity index (χ2n) is 4.85. The Labute approximate surface area is 99.9 Å². The van der Waals surface area contributed by atoms with E-state index < -0.39 is 8.32 Å². The van der Waals surface area contributed by atoms with Gasteiger partial charge in [0.15, 0.2) is 8.32 Å². The molecule has 90 valence electrons. The zero-order chi connectivity index (χ0) is 12.0. The number of nitrogen functional groups attached to an aromatic ring is 1. The van der Waals surface area contributed by atoms with E-state index in [-0.39, 0.29) is 0 Å². The first-order valence-corrected chi connectivity index (χ1v) is 9.14. The summed E-state index contributed by atoms with van der Waals surface area (Å²) in [5.41, 5.74) is 7.83. The number of para-hydroxylation sites is 1. The molecular weight excluding hydrogens is 214 g/mol. The van der Waals surface area contributed by atoms with Gasteiger partial charge in [0.1, 0.15) is 0 Å². The third-order valence-electron chi connectivity index (χ3n) is 2.81. The van der Waals surface area contributed by atoms with Crippen LogP contribution in [0.2, 0.25) is 19.1 Å². The number of anilines is 1. The van der Waals surface area contributed by atoms with Crippen LogP contribution in [0.4, 0.5) is 5.69 Å². The maximum atomic E-state index is 6.06. The van der Waals surface area contributed by atoms with E-state index in [9.17, 15) is 0 Å². The smallest absolute Gasteiger partial charge is 0.187 e. The average Bonchev–Trinajstić information content (AvgIpc) is 2.26. The van der Waals surface area contributed by atoms with Crippen LogP contribution in [0.3, 0.4) is 0 Å². The van der Waals surface area contributed by atoms with Crippen LogP contribution in [0, 0.1) is 0 Å². The molecule has 0 bridgehead atoms. The molecule has 0 spiro atoms. The number of rotatable bonds is 6. The fourth-order valence-electron chi connectivity index (χ4n) is 1.61. The quantitative estimate of drug-likeness (QED) is 0.603. The Morgan fingerprint density at radius 3 is 2.56 bits per heavy atom. The van der Waals surface area contributed by atoms with Crippen molar-refractivity contribution in [1.82, 2.24) is 0 Å². The molecule has 16 heavy (non-hydrogen) atoms. The highest BCUT2D eigenvalue weighted by Gasteiger charge is 2.21. The van der Waals surface area contributed by atoms with Crippen molar-refractivity contribution in [2.24, 2.45) is 0 Å². The van der Waals surface area contributed by atoms with E-state index in [1.807, 2.05) is 24.3 Å². The van der Waals surface area contributed by atoms with Gasteiger partial charge in [-0.05, 0) is 30.8 Å². The predicted molar refractivity (Wildman–Crippen MR) is 72.8 cm³/mol. The van der Waals surface area contributed by atoms with E-state index in [2.05, 4.69) is 20.0 Å². The van der Waals surface area contributed by atoms with Crippen LogP contribution in [0.15, 0.2) is 24.3 Å². The molecule has 0 saturated heterocycles. The van der Waals surface area contributed by atoms with Gasteiger partial charge in [-0.2, -0.15) is 0 Å². The van der Waals surface area contributed by atoms with E-state index in [0.717, 1.165) is 11.3 Å². The van der Waals surface area contributed by atoms with Crippen LogP contribution in [0.25, 0.3) is 0 Å². The van der Waals surface area contributed by atoms with Gasteiger partial charge < -0.3 is 10.2 Å². The zero-order valence-corrected chi connectivity index (χ0v) is 11.6. The molecule has 0 saturated carbocycles. The molecule has 0 aliphatic rings. The van der Waals surface area contributed by atoms with Gasteiger partial charge >= 0.3 is 0 Å². The van der Waals surface area contributed by atoms with E-state index in [4.69, 9.17) is 10.2 Å². The van der Waals surface area contributed by atoms with Gasteiger partial charge in [-0.15, -0.1) is 0 Å². The Hall–Kier alpha value is -0.803. The molecule has 0 amide bonds. The van der Waals surface area contributed by atoms with Crippen molar-refractivity contribution < 1.29 is 4.43 Å². The SMILES string of the molecule is CCCC[Si](C)(C)OCc1ccccc1N. The third kappa shape index (κ3) is 4.37. The Bertz CT molecular complexity index is 325. The van der Waals surface area contributed by atoms with E-state index >= 15 is 0 Å². The highest BCUT2D eigenvalue weighted by molar-refractivity contribution is 6.71. The average molecular weight is 237 g/mol. The lowest BCUT2D eigenvalue weighted by molar-refractivity contribution is 0.294. The number of hydrogen-bond acceptors (Lipinski definition) is 2. The van der Waals surface area contributed by atoms with Crippen molar-refractivity contribution in [3.05, 3.63) is 29.8 Å². The lowest BCUT2D eigenvalue weighted by atomic mass is 10.2. The summed E-state index contributed by atoms with van der Waals surface area (Å²) >= 11 is 0. The summed E-state index contributed by atoms with van der Waals surface area (Å²) in [6.45, 7) is 7.44. The Morgan fingerprint density at radius 1 is 1.25 bits per heavy atom. The maximum absolute atomic E-state index is 6.06. The minimum Gasteiger partial charge on any atom is -0.413 e. The normalized spacial score (nSPS) is 11.7. The summed E-state index contributed by atoms with van der Waals surface area (Å²) in [5, 5.41) is 0. The first kappa shape index (κ1) is 13.3. The molecule has 1 aromatic carbocycles. The van der Waals surface area contributed by atoms with E-state index in [1.165, 1.54) is 18.9 Å². The van der Waals surface area contributed by atoms with Crippen LogP contribution >= 0.6 is 0 Å². The van der Waals surface area contributed by atoms with Crippen molar-refractivity contribution >= 4 is 14.0 Å². The van der Waals surface area contributed by atoms with Gasteiger partial charge in [0.25, 0.3) is 0 Å². The standard InChI is InChI=1S/C13H23NOSi/c1-4-5-10-16(2,3)15-11-12-8-6-7-9-13(12)14/h6-9H,4-5,10-11,14H2,1-3H3. The second kappa shape index (κ2) is 6.06. The van der Waals surface area contributed by atoms with Crippen molar-refractivity contribution in [2.45, 2.75) is 45.5 Å². The van der Waals surface area contributed by atoms with Gasteiger partial charge in [-0.1, -0.05) is 38.0 Å². The summed E-state index contributed by atoms with van der Waals surface area (Å²) in [6, 6.07) is 9.17. The molecular formula is C13H23NOSi. The highest BCUT2D eigenvalue weighted by atomic mass is 28.4. The molecule has 0 atom stereocenters. The summed E-state index contributed by atoms with van der Waals surface area (Å²) < 4.78 is 6.06. The maximum Gasteiger partial charge on any atom is 0.187 e. The molecule has 0 aliphatic heterocycles. The number of benzene rings is 1. The van der Waals surface area contributed by atoms with Crippen LogP contribution < -0.4 is 5.73 Å². The minimum absolute atomic E-state index is 0.662. The van der Waals surface area contributed by atoms with Gasteiger partial charge in [0, 0.05) is 5.69 Å². The predicted octanol–water partition coefficient (Wildman–Crippen LogP) is 3.79. The van der Waals surface area contributed by atoms with E-state index in [0.29, 0.717) is 6.61 Å². The fourth-order valence-corrected chi connectivity index (χ4v) is 3.51. The molecule has 0 heterocycles. The number of hydrogen-bond donors (Lipinski definition) is 1. The molecule has 2 nitrogen and oxygen atoms in total. The largest absolute Gasteiger partial charge is 0.413 e. The second-order valence-corrected chi connectivity index (χ2v) is 9.16. The number of unbranched alkanes of at least 4 members (excludes halogenated alkanes) is 1. The van der Waals surface area contributed by atoms with Gasteiger partial charge in [-0.3, -0.25) is 0 Å². The lowest BCUT2D eigenvalue weighted by Crippen LogP contribution is -2.29. The molecule has 0 fully saturated rings. The van der Waals surface area contributed by atoms with Gasteiger partial charge in [0.05, 0.1) is 6.61 Å². The molecule has 1 aromatic rings. The third-order valence-corrected chi connectivity index (χ3v) is 5.29. The lowest BCUT2D eigenvalue weighted by Gasteiger charge is -2.23. The molecule has 0 unspecified atom stereocenters. The Kier molecular flexibility index (Phi) is 5.02. The first-order chi connectivity index (χ1) is 7.55. The van der Waals surface area contributed by atoms with Crippen molar-refractivity contribution in [3.63, 3.8) is 0 Å².